The van der Waals surface area contributed by atoms with Crippen LogP contribution in [0, 0.1) is 23.3 Å². The van der Waals surface area contributed by atoms with Gasteiger partial charge in [-0.1, -0.05) is 5.16 Å². The minimum Gasteiger partial charge on any atom is -0.381 e. The number of hydrogen-bond acceptors (Lipinski definition) is 3. The summed E-state index contributed by atoms with van der Waals surface area (Å²) in [6.45, 7) is 0. The van der Waals surface area contributed by atoms with Crippen molar-refractivity contribution >= 4 is 5.82 Å². The predicted octanol–water partition coefficient (Wildman–Crippen LogP) is 2.48. The molecule has 1 heterocycles. The fourth-order valence-corrected chi connectivity index (χ4v) is 1.20. The first kappa shape index (κ1) is 10.5. The first-order valence-electron chi connectivity index (χ1n) is 4.06. The van der Waals surface area contributed by atoms with Gasteiger partial charge < -0.3 is 10.3 Å². The molecule has 0 atom stereocenters. The molecule has 7 heteroatoms. The van der Waals surface area contributed by atoms with E-state index in [0.717, 1.165) is 6.07 Å². The van der Waals surface area contributed by atoms with E-state index in [0.29, 0.717) is 0 Å². The highest BCUT2D eigenvalue weighted by atomic mass is 19.2. The molecule has 1 aromatic heterocycles. The SMILES string of the molecule is Nc1cc(-c2c(F)c(F)cc(F)c2F)on1. The van der Waals surface area contributed by atoms with E-state index in [4.69, 9.17) is 5.73 Å². The first-order chi connectivity index (χ1) is 7.50. The lowest BCUT2D eigenvalue weighted by molar-refractivity contribution is 0.417. The van der Waals surface area contributed by atoms with Crippen molar-refractivity contribution < 1.29 is 22.1 Å². The zero-order chi connectivity index (χ0) is 11.9. The molecule has 3 nitrogen and oxygen atoms in total. The van der Waals surface area contributed by atoms with E-state index in [1.807, 2.05) is 0 Å². The summed E-state index contributed by atoms with van der Waals surface area (Å²) in [5, 5.41) is 3.16. The molecule has 0 bridgehead atoms. The first-order valence-corrected chi connectivity index (χ1v) is 4.06. The minimum absolute atomic E-state index is 0.105. The Morgan fingerprint density at radius 3 is 2.00 bits per heavy atom. The summed E-state index contributed by atoms with van der Waals surface area (Å²) in [5.74, 6) is -6.80. The molecule has 1 aromatic carbocycles. The number of aromatic nitrogens is 1. The standard InChI is InChI=1S/C9H4F4N2O/c10-3-1-4(11)9(13)7(8(3)12)5-2-6(14)15-16-5/h1-2H,(H2,14,15). The van der Waals surface area contributed by atoms with Crippen molar-refractivity contribution in [3.05, 3.63) is 35.4 Å². The lowest BCUT2D eigenvalue weighted by Gasteiger charge is -2.02. The van der Waals surface area contributed by atoms with Gasteiger partial charge in [-0.2, -0.15) is 0 Å². The largest absolute Gasteiger partial charge is 0.381 e. The molecule has 0 spiro atoms. The van der Waals surface area contributed by atoms with Gasteiger partial charge in [0, 0.05) is 12.1 Å². The summed E-state index contributed by atoms with van der Waals surface area (Å²) >= 11 is 0. The van der Waals surface area contributed by atoms with E-state index in [-0.39, 0.29) is 11.9 Å². The molecule has 0 aliphatic rings. The summed E-state index contributed by atoms with van der Waals surface area (Å²) in [4.78, 5) is 0. The van der Waals surface area contributed by atoms with Crippen LogP contribution in [-0.2, 0) is 0 Å². The van der Waals surface area contributed by atoms with Gasteiger partial charge in [-0.05, 0) is 0 Å². The van der Waals surface area contributed by atoms with Gasteiger partial charge in [0.2, 0.25) is 0 Å². The Hall–Kier alpha value is -2.05. The summed E-state index contributed by atoms with van der Waals surface area (Å²) in [5.41, 5.74) is 4.18. The number of halogens is 4. The average molecular weight is 232 g/mol. The third-order valence-electron chi connectivity index (χ3n) is 1.89. The summed E-state index contributed by atoms with van der Waals surface area (Å²) < 4.78 is 56.6. The normalized spacial score (nSPS) is 10.8. The number of benzene rings is 1. The second-order valence-electron chi connectivity index (χ2n) is 2.96. The molecule has 0 fully saturated rings. The lowest BCUT2D eigenvalue weighted by Crippen LogP contribution is -1.97. The number of nitrogen functional groups attached to an aromatic ring is 1. The van der Waals surface area contributed by atoms with Crippen molar-refractivity contribution in [3.8, 4) is 11.3 Å². The molecule has 16 heavy (non-hydrogen) atoms. The summed E-state index contributed by atoms with van der Waals surface area (Å²) in [7, 11) is 0. The Kier molecular flexibility index (Phi) is 2.30. The van der Waals surface area contributed by atoms with Crippen LogP contribution in [0.1, 0.15) is 0 Å². The molecular weight excluding hydrogens is 228 g/mol. The molecule has 0 amide bonds. The highest BCUT2D eigenvalue weighted by Gasteiger charge is 2.23. The third kappa shape index (κ3) is 1.50. The highest BCUT2D eigenvalue weighted by Crippen LogP contribution is 2.30. The van der Waals surface area contributed by atoms with E-state index >= 15 is 0 Å². The van der Waals surface area contributed by atoms with Crippen LogP contribution in [-0.4, -0.2) is 5.16 Å². The van der Waals surface area contributed by atoms with Crippen LogP contribution < -0.4 is 5.73 Å². The van der Waals surface area contributed by atoms with Gasteiger partial charge in [0.05, 0.1) is 5.56 Å². The molecule has 0 unspecified atom stereocenters. The highest BCUT2D eigenvalue weighted by molar-refractivity contribution is 5.61. The van der Waals surface area contributed by atoms with Crippen LogP contribution in [0.4, 0.5) is 23.4 Å². The van der Waals surface area contributed by atoms with E-state index in [2.05, 4.69) is 9.68 Å². The quantitative estimate of drug-likeness (QED) is 0.607. The van der Waals surface area contributed by atoms with E-state index in [9.17, 15) is 17.6 Å². The number of nitrogens with two attached hydrogens (primary N) is 1. The van der Waals surface area contributed by atoms with Gasteiger partial charge in [-0.3, -0.25) is 0 Å². The van der Waals surface area contributed by atoms with Crippen LogP contribution >= 0.6 is 0 Å². The molecule has 2 N–H and O–H groups in total. The molecule has 0 saturated heterocycles. The van der Waals surface area contributed by atoms with Crippen molar-refractivity contribution in [2.24, 2.45) is 0 Å². The Labute approximate surface area is 86.5 Å². The van der Waals surface area contributed by atoms with Crippen molar-refractivity contribution in [1.82, 2.24) is 5.16 Å². The monoisotopic (exact) mass is 232 g/mol. The van der Waals surface area contributed by atoms with E-state index < -0.39 is 34.6 Å². The second kappa shape index (κ2) is 3.51. The van der Waals surface area contributed by atoms with Gasteiger partial charge in [0.1, 0.15) is 0 Å². The lowest BCUT2D eigenvalue weighted by atomic mass is 10.1. The van der Waals surface area contributed by atoms with Crippen LogP contribution in [0.25, 0.3) is 11.3 Å². The molecule has 0 aliphatic heterocycles. The maximum atomic E-state index is 13.2. The van der Waals surface area contributed by atoms with Crippen molar-refractivity contribution in [3.63, 3.8) is 0 Å². The van der Waals surface area contributed by atoms with Crippen molar-refractivity contribution in [2.45, 2.75) is 0 Å². The Bertz CT molecular complexity index is 526. The number of rotatable bonds is 1. The zero-order valence-electron chi connectivity index (χ0n) is 7.60. The zero-order valence-corrected chi connectivity index (χ0v) is 7.60. The fraction of sp³-hybridized carbons (Fsp3) is 0. The molecule has 0 aliphatic carbocycles. The average Bonchev–Trinajstić information content (AvgIpc) is 2.62. The van der Waals surface area contributed by atoms with E-state index in [1.165, 1.54) is 0 Å². The van der Waals surface area contributed by atoms with Crippen molar-refractivity contribution in [1.29, 1.82) is 0 Å². The summed E-state index contributed by atoms with van der Waals surface area (Å²) in [6, 6.07) is 1.06. The molecular formula is C9H4F4N2O. The number of hydrogen-bond donors (Lipinski definition) is 1. The third-order valence-corrected chi connectivity index (χ3v) is 1.89. The topological polar surface area (TPSA) is 52.0 Å². The van der Waals surface area contributed by atoms with E-state index in [1.54, 1.807) is 0 Å². The Morgan fingerprint density at radius 1 is 1.00 bits per heavy atom. The van der Waals surface area contributed by atoms with Gasteiger partial charge in [-0.15, -0.1) is 0 Å². The van der Waals surface area contributed by atoms with Gasteiger partial charge in [0.15, 0.2) is 34.8 Å². The van der Waals surface area contributed by atoms with Gasteiger partial charge in [-0.25, -0.2) is 17.6 Å². The Morgan fingerprint density at radius 2 is 1.56 bits per heavy atom. The molecule has 84 valence electrons. The van der Waals surface area contributed by atoms with Crippen LogP contribution in [0.15, 0.2) is 16.7 Å². The van der Waals surface area contributed by atoms with Crippen LogP contribution in [0.3, 0.4) is 0 Å². The van der Waals surface area contributed by atoms with Crippen molar-refractivity contribution in [2.75, 3.05) is 5.73 Å². The Balaban J connectivity index is 2.73. The molecule has 0 saturated carbocycles. The maximum Gasteiger partial charge on any atom is 0.175 e. The van der Waals surface area contributed by atoms with Gasteiger partial charge >= 0.3 is 0 Å². The molecule has 0 radical (unpaired) electrons. The fourth-order valence-electron chi connectivity index (χ4n) is 1.20. The van der Waals surface area contributed by atoms with Crippen LogP contribution in [0.5, 0.6) is 0 Å². The maximum absolute atomic E-state index is 13.2. The predicted molar refractivity (Wildman–Crippen MR) is 46.2 cm³/mol. The number of anilines is 1. The molecule has 2 rings (SSSR count). The van der Waals surface area contributed by atoms with Crippen LogP contribution in [0.2, 0.25) is 0 Å². The second-order valence-corrected chi connectivity index (χ2v) is 2.96. The number of nitrogens with zero attached hydrogens (tertiary/aromatic N) is 1. The smallest absolute Gasteiger partial charge is 0.175 e. The minimum atomic E-state index is -1.56. The summed E-state index contributed by atoms with van der Waals surface area (Å²) in [6.07, 6.45) is 0. The van der Waals surface area contributed by atoms with Gasteiger partial charge in [0.25, 0.3) is 0 Å². The molecule has 2 aromatic rings.